The second-order valence-electron chi connectivity index (χ2n) is 4.78. The van der Waals surface area contributed by atoms with Crippen LogP contribution < -0.4 is 16.4 Å². The van der Waals surface area contributed by atoms with Gasteiger partial charge in [-0.3, -0.25) is 9.59 Å². The molecule has 112 valence electrons. The van der Waals surface area contributed by atoms with E-state index >= 15 is 0 Å². The van der Waals surface area contributed by atoms with Gasteiger partial charge in [0.1, 0.15) is 0 Å². The molecule has 6 heteroatoms. The SMILES string of the molecule is CC(=O)Nc1cc(NC(=O)CCC(C)N)ccc1C.Cl. The highest BCUT2D eigenvalue weighted by Crippen LogP contribution is 2.20. The van der Waals surface area contributed by atoms with Crippen LogP contribution in [0.4, 0.5) is 11.4 Å². The van der Waals surface area contributed by atoms with Gasteiger partial charge in [0.15, 0.2) is 0 Å². The van der Waals surface area contributed by atoms with Gasteiger partial charge in [-0.25, -0.2) is 0 Å². The van der Waals surface area contributed by atoms with Gasteiger partial charge in [-0.15, -0.1) is 12.4 Å². The van der Waals surface area contributed by atoms with Crippen molar-refractivity contribution in [1.82, 2.24) is 0 Å². The lowest BCUT2D eigenvalue weighted by Gasteiger charge is -2.11. The van der Waals surface area contributed by atoms with E-state index in [9.17, 15) is 9.59 Å². The zero-order valence-corrected chi connectivity index (χ0v) is 12.8. The summed E-state index contributed by atoms with van der Waals surface area (Å²) in [4.78, 5) is 22.7. The van der Waals surface area contributed by atoms with Gasteiger partial charge < -0.3 is 16.4 Å². The number of anilines is 2. The average Bonchev–Trinajstić information content (AvgIpc) is 2.30. The molecule has 1 aromatic rings. The Balaban J connectivity index is 0.00000361. The maximum absolute atomic E-state index is 11.7. The summed E-state index contributed by atoms with van der Waals surface area (Å²) in [6, 6.07) is 5.43. The Morgan fingerprint density at radius 1 is 1.30 bits per heavy atom. The Morgan fingerprint density at radius 3 is 2.50 bits per heavy atom. The van der Waals surface area contributed by atoms with E-state index in [1.165, 1.54) is 6.92 Å². The maximum Gasteiger partial charge on any atom is 0.224 e. The normalized spacial score (nSPS) is 11.2. The lowest BCUT2D eigenvalue weighted by Crippen LogP contribution is -2.19. The molecular formula is C14H22ClN3O2. The molecule has 0 aliphatic heterocycles. The van der Waals surface area contributed by atoms with Crippen molar-refractivity contribution in [1.29, 1.82) is 0 Å². The number of hydrogen-bond donors (Lipinski definition) is 3. The Bertz CT molecular complexity index is 475. The third-order valence-corrected chi connectivity index (χ3v) is 2.66. The fraction of sp³-hybridized carbons (Fsp3) is 0.429. The summed E-state index contributed by atoms with van der Waals surface area (Å²) < 4.78 is 0. The molecule has 0 aliphatic carbocycles. The molecule has 0 fully saturated rings. The Hall–Kier alpha value is -1.59. The van der Waals surface area contributed by atoms with Gasteiger partial charge in [-0.2, -0.15) is 0 Å². The molecule has 0 bridgehead atoms. The van der Waals surface area contributed by atoms with Gasteiger partial charge in [0.2, 0.25) is 11.8 Å². The predicted octanol–water partition coefficient (Wildman–Crippen LogP) is 2.44. The highest BCUT2D eigenvalue weighted by Gasteiger charge is 2.06. The van der Waals surface area contributed by atoms with Crippen LogP contribution in [-0.2, 0) is 9.59 Å². The molecular weight excluding hydrogens is 278 g/mol. The molecule has 2 amide bonds. The van der Waals surface area contributed by atoms with E-state index in [2.05, 4.69) is 10.6 Å². The number of rotatable bonds is 5. The van der Waals surface area contributed by atoms with E-state index < -0.39 is 0 Å². The molecule has 20 heavy (non-hydrogen) atoms. The van der Waals surface area contributed by atoms with Gasteiger partial charge in [0.25, 0.3) is 0 Å². The largest absolute Gasteiger partial charge is 0.328 e. The number of benzene rings is 1. The molecule has 0 aliphatic rings. The summed E-state index contributed by atoms with van der Waals surface area (Å²) in [7, 11) is 0. The number of carbonyl (C=O) groups is 2. The fourth-order valence-electron chi connectivity index (χ4n) is 1.61. The van der Waals surface area contributed by atoms with Crippen LogP contribution in [0.15, 0.2) is 18.2 Å². The quantitative estimate of drug-likeness (QED) is 0.781. The van der Waals surface area contributed by atoms with Crippen molar-refractivity contribution in [2.45, 2.75) is 39.7 Å². The summed E-state index contributed by atoms with van der Waals surface area (Å²) in [6.07, 6.45) is 1.04. The second-order valence-corrected chi connectivity index (χ2v) is 4.78. The Kier molecular flexibility index (Phi) is 7.87. The van der Waals surface area contributed by atoms with Crippen LogP contribution >= 0.6 is 12.4 Å². The highest BCUT2D eigenvalue weighted by atomic mass is 35.5. The number of hydrogen-bond acceptors (Lipinski definition) is 3. The number of halogens is 1. The molecule has 0 aromatic heterocycles. The minimum Gasteiger partial charge on any atom is -0.328 e. The average molecular weight is 300 g/mol. The first-order valence-corrected chi connectivity index (χ1v) is 6.32. The fourth-order valence-corrected chi connectivity index (χ4v) is 1.61. The molecule has 0 saturated carbocycles. The third-order valence-electron chi connectivity index (χ3n) is 2.66. The molecule has 1 atom stereocenters. The lowest BCUT2D eigenvalue weighted by molar-refractivity contribution is -0.116. The standard InChI is InChI=1S/C14H21N3O2.ClH/c1-9-4-6-12(8-13(9)16-11(3)18)17-14(19)7-5-10(2)15;/h4,6,8,10H,5,7,15H2,1-3H3,(H,16,18)(H,17,19);1H. The van der Waals surface area contributed by atoms with Crippen LogP contribution in [0.1, 0.15) is 32.3 Å². The van der Waals surface area contributed by atoms with E-state index in [1.807, 2.05) is 26.0 Å². The van der Waals surface area contributed by atoms with Crippen LogP contribution in [0.2, 0.25) is 0 Å². The summed E-state index contributed by atoms with van der Waals surface area (Å²) in [5, 5.41) is 5.52. The minimum absolute atomic E-state index is 0. The molecule has 4 N–H and O–H groups in total. The highest BCUT2D eigenvalue weighted by molar-refractivity contribution is 5.93. The molecule has 0 spiro atoms. The van der Waals surface area contributed by atoms with Crippen molar-refractivity contribution >= 4 is 35.6 Å². The first-order valence-electron chi connectivity index (χ1n) is 6.32. The van der Waals surface area contributed by atoms with E-state index in [-0.39, 0.29) is 30.3 Å². The summed E-state index contributed by atoms with van der Waals surface area (Å²) in [5.41, 5.74) is 7.93. The zero-order chi connectivity index (χ0) is 14.4. The van der Waals surface area contributed by atoms with Crippen LogP contribution in [0.25, 0.3) is 0 Å². The Morgan fingerprint density at radius 2 is 1.95 bits per heavy atom. The molecule has 1 rings (SSSR count). The van der Waals surface area contributed by atoms with Crippen LogP contribution in [0.3, 0.4) is 0 Å². The van der Waals surface area contributed by atoms with Gasteiger partial charge in [0.05, 0.1) is 0 Å². The minimum atomic E-state index is -0.136. The summed E-state index contributed by atoms with van der Waals surface area (Å²) in [5.74, 6) is -0.210. The number of aryl methyl sites for hydroxylation is 1. The van der Waals surface area contributed by atoms with Gasteiger partial charge in [-0.1, -0.05) is 6.07 Å². The smallest absolute Gasteiger partial charge is 0.224 e. The molecule has 0 saturated heterocycles. The molecule has 5 nitrogen and oxygen atoms in total. The summed E-state index contributed by atoms with van der Waals surface area (Å²) >= 11 is 0. The van der Waals surface area contributed by atoms with Crippen molar-refractivity contribution in [2.24, 2.45) is 5.73 Å². The number of nitrogens with one attached hydrogen (secondary N) is 2. The van der Waals surface area contributed by atoms with Crippen molar-refractivity contribution in [2.75, 3.05) is 10.6 Å². The first kappa shape index (κ1) is 18.4. The lowest BCUT2D eigenvalue weighted by atomic mass is 10.1. The number of nitrogens with two attached hydrogens (primary N) is 1. The van der Waals surface area contributed by atoms with Crippen LogP contribution in [0, 0.1) is 6.92 Å². The first-order chi connectivity index (χ1) is 8.88. The van der Waals surface area contributed by atoms with Crippen molar-refractivity contribution in [3.05, 3.63) is 23.8 Å². The topological polar surface area (TPSA) is 84.2 Å². The summed E-state index contributed by atoms with van der Waals surface area (Å²) in [6.45, 7) is 5.22. The van der Waals surface area contributed by atoms with Crippen molar-refractivity contribution < 1.29 is 9.59 Å². The van der Waals surface area contributed by atoms with E-state index in [0.717, 1.165) is 5.56 Å². The number of amides is 2. The van der Waals surface area contributed by atoms with Crippen molar-refractivity contribution in [3.8, 4) is 0 Å². The van der Waals surface area contributed by atoms with Gasteiger partial charge >= 0.3 is 0 Å². The Labute approximate surface area is 125 Å². The third kappa shape index (κ3) is 6.54. The van der Waals surface area contributed by atoms with Crippen LogP contribution in [0.5, 0.6) is 0 Å². The van der Waals surface area contributed by atoms with Crippen molar-refractivity contribution in [3.63, 3.8) is 0 Å². The molecule has 1 aromatic carbocycles. The molecule has 1 unspecified atom stereocenters. The zero-order valence-electron chi connectivity index (χ0n) is 12.0. The number of carbonyl (C=O) groups excluding carboxylic acids is 2. The predicted molar refractivity (Wildman–Crippen MR) is 84.2 cm³/mol. The molecule has 0 heterocycles. The van der Waals surface area contributed by atoms with Gasteiger partial charge in [0, 0.05) is 30.8 Å². The second kappa shape index (κ2) is 8.55. The van der Waals surface area contributed by atoms with E-state index in [0.29, 0.717) is 24.2 Å². The monoisotopic (exact) mass is 299 g/mol. The van der Waals surface area contributed by atoms with E-state index in [1.54, 1.807) is 6.07 Å². The molecule has 0 radical (unpaired) electrons. The van der Waals surface area contributed by atoms with Gasteiger partial charge in [-0.05, 0) is 38.0 Å². The van der Waals surface area contributed by atoms with E-state index in [4.69, 9.17) is 5.73 Å². The van der Waals surface area contributed by atoms with Crippen LogP contribution in [-0.4, -0.2) is 17.9 Å². The maximum atomic E-state index is 11.7.